The Hall–Kier alpha value is -0.340. The van der Waals surface area contributed by atoms with Crippen LogP contribution in [0.1, 0.15) is 44.9 Å². The molecule has 0 unspecified atom stereocenters. The second-order valence-electron chi connectivity index (χ2n) is 7.25. The third-order valence-electron chi connectivity index (χ3n) is 5.31. The second kappa shape index (κ2) is 8.99. The Labute approximate surface area is 179 Å². The number of nitrogens with one attached hydrogen (secondary N) is 1. The molecule has 5 nitrogen and oxygen atoms in total. The standard InChI is InChI=1S/C18H23BrCl2N2O3S/c19-13-10-15(20)17(16(21)11-13)27(25,26)22-14-6-8-23(9-7-14)18(24)12-4-2-1-3-5-12/h10-12,14,22H,1-9H2. The van der Waals surface area contributed by atoms with Crippen molar-refractivity contribution in [3.05, 3.63) is 26.7 Å². The molecule has 1 aliphatic heterocycles. The van der Waals surface area contributed by atoms with E-state index in [0.29, 0.717) is 30.4 Å². The van der Waals surface area contributed by atoms with Gasteiger partial charge in [-0.15, -0.1) is 0 Å². The number of carbonyl (C=O) groups excluding carboxylic acids is 1. The van der Waals surface area contributed by atoms with Crippen LogP contribution in [0.15, 0.2) is 21.5 Å². The van der Waals surface area contributed by atoms with Crippen molar-refractivity contribution < 1.29 is 13.2 Å². The summed E-state index contributed by atoms with van der Waals surface area (Å²) in [5.74, 6) is 0.377. The molecule has 1 aliphatic carbocycles. The molecule has 0 atom stereocenters. The zero-order valence-electron chi connectivity index (χ0n) is 14.9. The fourth-order valence-electron chi connectivity index (χ4n) is 3.89. The van der Waals surface area contributed by atoms with Crippen molar-refractivity contribution in [2.45, 2.75) is 55.9 Å². The van der Waals surface area contributed by atoms with Crippen LogP contribution in [0.4, 0.5) is 0 Å². The van der Waals surface area contributed by atoms with E-state index >= 15 is 0 Å². The zero-order valence-corrected chi connectivity index (χ0v) is 18.8. The zero-order chi connectivity index (χ0) is 19.6. The summed E-state index contributed by atoms with van der Waals surface area (Å²) in [6, 6.07) is 2.78. The molecule has 2 aliphatic rings. The van der Waals surface area contributed by atoms with Gasteiger partial charge in [-0.3, -0.25) is 4.79 Å². The molecule has 1 aromatic rings. The lowest BCUT2D eigenvalue weighted by molar-refractivity contribution is -0.137. The van der Waals surface area contributed by atoms with E-state index < -0.39 is 10.0 Å². The van der Waals surface area contributed by atoms with E-state index in [0.717, 1.165) is 25.7 Å². The summed E-state index contributed by atoms with van der Waals surface area (Å²) in [6.07, 6.45) is 6.60. The summed E-state index contributed by atoms with van der Waals surface area (Å²) in [4.78, 5) is 14.4. The topological polar surface area (TPSA) is 66.5 Å². The lowest BCUT2D eigenvalue weighted by Crippen LogP contribution is -2.48. The molecule has 27 heavy (non-hydrogen) atoms. The monoisotopic (exact) mass is 496 g/mol. The first-order valence-corrected chi connectivity index (χ1v) is 12.3. The van der Waals surface area contributed by atoms with Gasteiger partial charge in [-0.25, -0.2) is 13.1 Å². The number of amides is 1. The Morgan fingerprint density at radius 2 is 1.59 bits per heavy atom. The molecule has 9 heteroatoms. The fraction of sp³-hybridized carbons (Fsp3) is 0.611. The van der Waals surface area contributed by atoms with Crippen LogP contribution in [0.2, 0.25) is 10.0 Å². The van der Waals surface area contributed by atoms with Crippen molar-refractivity contribution in [3.8, 4) is 0 Å². The normalized spacial score (nSPS) is 20.0. The minimum absolute atomic E-state index is 0.0757. The van der Waals surface area contributed by atoms with Crippen molar-refractivity contribution in [3.63, 3.8) is 0 Å². The van der Waals surface area contributed by atoms with Gasteiger partial charge in [0.25, 0.3) is 0 Å². The van der Waals surface area contributed by atoms with E-state index in [1.54, 1.807) is 0 Å². The number of hydrogen-bond acceptors (Lipinski definition) is 3. The maximum Gasteiger partial charge on any atom is 0.243 e. The molecule has 0 bridgehead atoms. The highest BCUT2D eigenvalue weighted by molar-refractivity contribution is 9.10. The molecule has 2 fully saturated rings. The molecule has 0 spiro atoms. The van der Waals surface area contributed by atoms with Gasteiger partial charge in [0, 0.05) is 29.5 Å². The lowest BCUT2D eigenvalue weighted by Gasteiger charge is -2.35. The van der Waals surface area contributed by atoms with E-state index in [1.807, 2.05) is 4.90 Å². The number of rotatable bonds is 4. The third kappa shape index (κ3) is 5.18. The van der Waals surface area contributed by atoms with Crippen LogP contribution in [0, 0.1) is 5.92 Å². The summed E-state index contributed by atoms with van der Waals surface area (Å²) in [5, 5.41) is 0.151. The van der Waals surface area contributed by atoms with Crippen molar-refractivity contribution in [2.75, 3.05) is 13.1 Å². The lowest BCUT2D eigenvalue weighted by atomic mass is 9.87. The number of carbonyl (C=O) groups is 1. The van der Waals surface area contributed by atoms with E-state index in [1.165, 1.54) is 18.6 Å². The molecule has 1 saturated carbocycles. The van der Waals surface area contributed by atoms with Crippen molar-refractivity contribution in [1.29, 1.82) is 0 Å². The van der Waals surface area contributed by atoms with Crippen LogP contribution in [-0.4, -0.2) is 38.4 Å². The molecular formula is C18H23BrCl2N2O3S. The first-order valence-electron chi connectivity index (χ1n) is 9.23. The van der Waals surface area contributed by atoms with E-state index in [9.17, 15) is 13.2 Å². The predicted molar refractivity (Wildman–Crippen MR) is 111 cm³/mol. The van der Waals surface area contributed by atoms with E-state index in [4.69, 9.17) is 23.2 Å². The summed E-state index contributed by atoms with van der Waals surface area (Å²) in [7, 11) is -3.83. The van der Waals surface area contributed by atoms with Gasteiger partial charge in [-0.05, 0) is 37.8 Å². The quantitative estimate of drug-likeness (QED) is 0.660. The van der Waals surface area contributed by atoms with Crippen LogP contribution in [-0.2, 0) is 14.8 Å². The molecule has 150 valence electrons. The van der Waals surface area contributed by atoms with Crippen molar-refractivity contribution >= 4 is 55.1 Å². The highest BCUT2D eigenvalue weighted by Crippen LogP contribution is 2.33. The number of halogens is 3. The number of hydrogen-bond donors (Lipinski definition) is 1. The molecule has 1 aromatic carbocycles. The van der Waals surface area contributed by atoms with E-state index in [-0.39, 0.29) is 32.8 Å². The Bertz CT molecular complexity index is 782. The highest BCUT2D eigenvalue weighted by atomic mass is 79.9. The molecule has 3 rings (SSSR count). The average Bonchev–Trinajstić information content (AvgIpc) is 2.61. The van der Waals surface area contributed by atoms with E-state index in [2.05, 4.69) is 20.7 Å². The maximum absolute atomic E-state index is 12.7. The first-order chi connectivity index (χ1) is 12.8. The van der Waals surface area contributed by atoms with Crippen LogP contribution in [0.25, 0.3) is 0 Å². The third-order valence-corrected chi connectivity index (χ3v) is 8.21. The minimum atomic E-state index is -3.83. The molecule has 1 heterocycles. The Morgan fingerprint density at radius 1 is 1.04 bits per heavy atom. The van der Waals surface area contributed by atoms with Gasteiger partial charge in [0.1, 0.15) is 4.90 Å². The molecule has 0 radical (unpaired) electrons. The Morgan fingerprint density at radius 3 is 2.15 bits per heavy atom. The van der Waals surface area contributed by atoms with Gasteiger partial charge in [-0.1, -0.05) is 58.4 Å². The molecule has 1 N–H and O–H groups in total. The van der Waals surface area contributed by atoms with Crippen molar-refractivity contribution in [1.82, 2.24) is 9.62 Å². The summed E-state index contributed by atoms with van der Waals surface area (Å²) >= 11 is 15.4. The smallest absolute Gasteiger partial charge is 0.243 e. The fourth-order valence-corrected chi connectivity index (χ4v) is 7.13. The van der Waals surface area contributed by atoms with Crippen molar-refractivity contribution in [2.24, 2.45) is 5.92 Å². The van der Waals surface area contributed by atoms with Gasteiger partial charge < -0.3 is 4.90 Å². The van der Waals surface area contributed by atoms with Gasteiger partial charge in [0.05, 0.1) is 10.0 Å². The molecule has 1 amide bonds. The van der Waals surface area contributed by atoms with Crippen LogP contribution in [0.5, 0.6) is 0 Å². The average molecular weight is 498 g/mol. The number of nitrogens with zero attached hydrogens (tertiary/aromatic N) is 1. The maximum atomic E-state index is 12.7. The molecule has 0 aromatic heterocycles. The SMILES string of the molecule is O=C(C1CCCCC1)N1CCC(NS(=O)(=O)c2c(Cl)cc(Br)cc2Cl)CC1. The molecule has 1 saturated heterocycles. The summed E-state index contributed by atoms with van der Waals surface area (Å²) < 4.78 is 28.8. The Kier molecular flexibility index (Phi) is 7.12. The summed E-state index contributed by atoms with van der Waals surface area (Å²) in [5.41, 5.74) is 0. The number of benzene rings is 1. The van der Waals surface area contributed by atoms with Gasteiger partial charge in [0.2, 0.25) is 15.9 Å². The summed E-state index contributed by atoms with van der Waals surface area (Å²) in [6.45, 7) is 1.15. The highest BCUT2D eigenvalue weighted by Gasteiger charge is 2.32. The number of piperidine rings is 1. The number of likely N-dealkylation sites (tertiary alicyclic amines) is 1. The van der Waals surface area contributed by atoms with Gasteiger partial charge in [-0.2, -0.15) is 0 Å². The minimum Gasteiger partial charge on any atom is -0.342 e. The largest absolute Gasteiger partial charge is 0.342 e. The first kappa shape index (κ1) is 21.4. The van der Waals surface area contributed by atoms with Crippen LogP contribution in [0.3, 0.4) is 0 Å². The van der Waals surface area contributed by atoms with Gasteiger partial charge >= 0.3 is 0 Å². The second-order valence-corrected chi connectivity index (χ2v) is 10.6. The molecular weight excluding hydrogens is 475 g/mol. The van der Waals surface area contributed by atoms with Gasteiger partial charge in [0.15, 0.2) is 0 Å². The van der Waals surface area contributed by atoms with Crippen LogP contribution >= 0.6 is 39.1 Å². The van der Waals surface area contributed by atoms with Crippen LogP contribution < -0.4 is 4.72 Å². The Balaban J connectivity index is 1.61. The number of sulfonamides is 1. The predicted octanol–water partition coefficient (Wildman–Crippen LogP) is 4.61.